The zero-order chi connectivity index (χ0) is 17.8. The number of carbonyl (C=O) groups excluding carboxylic acids is 2. The van der Waals surface area contributed by atoms with Crippen molar-refractivity contribution in [1.82, 2.24) is 15.2 Å². The van der Waals surface area contributed by atoms with Crippen LogP contribution in [0.15, 0.2) is 24.3 Å². The third-order valence-electron chi connectivity index (χ3n) is 4.30. The number of carbonyl (C=O) groups is 2. The molecule has 1 aliphatic heterocycles. The van der Waals surface area contributed by atoms with E-state index < -0.39 is 0 Å². The average molecular weight is 358 g/mol. The molecule has 2 aromatic rings. The Labute approximate surface area is 151 Å². The summed E-state index contributed by atoms with van der Waals surface area (Å²) >= 11 is 1.52. The molecule has 25 heavy (non-hydrogen) atoms. The lowest BCUT2D eigenvalue weighted by atomic mass is 10.1. The maximum absolute atomic E-state index is 12.1. The van der Waals surface area contributed by atoms with Crippen molar-refractivity contribution in [1.29, 1.82) is 0 Å². The Hall–Kier alpha value is -2.25. The van der Waals surface area contributed by atoms with Gasteiger partial charge in [-0.15, -0.1) is 11.3 Å². The molecular formula is C18H22N4O2S. The molecule has 0 aliphatic carbocycles. The fraction of sp³-hybridized carbons (Fsp3) is 0.389. The quantitative estimate of drug-likeness (QED) is 0.859. The molecular weight excluding hydrogens is 336 g/mol. The summed E-state index contributed by atoms with van der Waals surface area (Å²) in [6.45, 7) is 6.86. The third-order valence-corrected chi connectivity index (χ3v) is 5.30. The summed E-state index contributed by atoms with van der Waals surface area (Å²) in [5.74, 6) is -0.509. The second-order valence-corrected chi connectivity index (χ2v) is 7.14. The number of nitrogens with zero attached hydrogens (tertiary/aromatic N) is 2. The Morgan fingerprint density at radius 3 is 2.88 bits per heavy atom. The molecule has 0 saturated heterocycles. The van der Waals surface area contributed by atoms with Crippen molar-refractivity contribution in [2.75, 3.05) is 25.0 Å². The standard InChI is InChI=1S/C18H22N4O2S/c1-3-22-9-8-14-15(11-22)25-18(20-14)21-16(23)10-19-17(24)13-7-5-4-6-12(13)2/h4-7H,3,8-11H2,1-2H3,(H,19,24)(H,20,21,23). The van der Waals surface area contributed by atoms with E-state index >= 15 is 0 Å². The van der Waals surface area contributed by atoms with E-state index in [0.29, 0.717) is 10.7 Å². The number of aromatic nitrogens is 1. The van der Waals surface area contributed by atoms with Gasteiger partial charge in [-0.2, -0.15) is 0 Å². The molecule has 2 amide bonds. The molecule has 6 nitrogen and oxygen atoms in total. The van der Waals surface area contributed by atoms with Gasteiger partial charge < -0.3 is 10.6 Å². The highest BCUT2D eigenvalue weighted by atomic mass is 32.1. The molecule has 0 bridgehead atoms. The van der Waals surface area contributed by atoms with Gasteiger partial charge in [0.15, 0.2) is 5.13 Å². The Morgan fingerprint density at radius 2 is 2.12 bits per heavy atom. The third kappa shape index (κ3) is 4.24. The SMILES string of the molecule is CCN1CCc2nc(NC(=O)CNC(=O)c3ccccc3C)sc2C1. The average Bonchev–Trinajstić information content (AvgIpc) is 3.01. The van der Waals surface area contributed by atoms with Crippen LogP contribution in [0.4, 0.5) is 5.13 Å². The monoisotopic (exact) mass is 358 g/mol. The molecule has 0 radical (unpaired) electrons. The summed E-state index contributed by atoms with van der Waals surface area (Å²) < 4.78 is 0. The van der Waals surface area contributed by atoms with Gasteiger partial charge in [0.05, 0.1) is 12.2 Å². The van der Waals surface area contributed by atoms with Crippen molar-refractivity contribution in [2.24, 2.45) is 0 Å². The van der Waals surface area contributed by atoms with Crippen molar-refractivity contribution in [3.63, 3.8) is 0 Å². The number of aryl methyl sites for hydroxylation is 1. The Morgan fingerprint density at radius 1 is 1.32 bits per heavy atom. The van der Waals surface area contributed by atoms with Crippen LogP contribution in [0, 0.1) is 6.92 Å². The predicted octanol–water partition coefficient (Wildman–Crippen LogP) is 2.20. The molecule has 1 aromatic heterocycles. The number of benzene rings is 1. The maximum Gasteiger partial charge on any atom is 0.251 e. The molecule has 2 N–H and O–H groups in total. The number of thiazole rings is 1. The van der Waals surface area contributed by atoms with Crippen LogP contribution in [0.2, 0.25) is 0 Å². The van der Waals surface area contributed by atoms with E-state index in [2.05, 4.69) is 27.4 Å². The highest BCUT2D eigenvalue weighted by molar-refractivity contribution is 7.15. The van der Waals surface area contributed by atoms with E-state index in [-0.39, 0.29) is 18.4 Å². The predicted molar refractivity (Wildman–Crippen MR) is 98.9 cm³/mol. The van der Waals surface area contributed by atoms with Gasteiger partial charge in [0.25, 0.3) is 5.91 Å². The number of hydrogen-bond donors (Lipinski definition) is 2. The zero-order valence-electron chi connectivity index (χ0n) is 14.5. The molecule has 2 heterocycles. The largest absolute Gasteiger partial charge is 0.343 e. The molecule has 1 aromatic carbocycles. The van der Waals surface area contributed by atoms with E-state index in [1.807, 2.05) is 25.1 Å². The van der Waals surface area contributed by atoms with E-state index in [1.54, 1.807) is 6.07 Å². The number of amides is 2. The first kappa shape index (κ1) is 17.6. The first-order valence-corrected chi connectivity index (χ1v) is 9.23. The summed E-state index contributed by atoms with van der Waals surface area (Å²) in [5, 5.41) is 6.05. The lowest BCUT2D eigenvalue weighted by Crippen LogP contribution is -2.33. The number of rotatable bonds is 5. The molecule has 3 rings (SSSR count). The number of hydrogen-bond acceptors (Lipinski definition) is 5. The molecule has 7 heteroatoms. The minimum absolute atomic E-state index is 0.0709. The Kier molecular flexibility index (Phi) is 5.45. The molecule has 0 spiro atoms. The summed E-state index contributed by atoms with van der Waals surface area (Å²) in [7, 11) is 0. The topological polar surface area (TPSA) is 74.3 Å². The van der Waals surface area contributed by atoms with Gasteiger partial charge in [0, 0.05) is 30.0 Å². The highest BCUT2D eigenvalue weighted by Crippen LogP contribution is 2.28. The number of likely N-dealkylation sites (N-methyl/N-ethyl adjacent to an activating group) is 1. The Balaban J connectivity index is 1.54. The fourth-order valence-corrected chi connectivity index (χ4v) is 3.89. The lowest BCUT2D eigenvalue weighted by Gasteiger charge is -2.23. The lowest BCUT2D eigenvalue weighted by molar-refractivity contribution is -0.115. The van der Waals surface area contributed by atoms with Crippen LogP contribution in [-0.2, 0) is 17.8 Å². The van der Waals surface area contributed by atoms with Crippen LogP contribution in [0.25, 0.3) is 0 Å². The number of anilines is 1. The maximum atomic E-state index is 12.1. The summed E-state index contributed by atoms with van der Waals surface area (Å²) in [6, 6.07) is 7.30. The van der Waals surface area contributed by atoms with Gasteiger partial charge in [-0.1, -0.05) is 25.1 Å². The molecule has 0 saturated carbocycles. The van der Waals surface area contributed by atoms with E-state index in [0.717, 1.165) is 37.3 Å². The molecule has 1 aliphatic rings. The first-order valence-electron chi connectivity index (χ1n) is 8.41. The van der Waals surface area contributed by atoms with Crippen molar-refractivity contribution in [3.8, 4) is 0 Å². The number of nitrogens with one attached hydrogen (secondary N) is 2. The molecule has 132 valence electrons. The Bertz CT molecular complexity index is 787. The molecule has 0 unspecified atom stereocenters. The normalized spacial score (nSPS) is 14.0. The number of fused-ring (bicyclic) bond motifs is 1. The minimum Gasteiger partial charge on any atom is -0.343 e. The van der Waals surface area contributed by atoms with Crippen molar-refractivity contribution < 1.29 is 9.59 Å². The van der Waals surface area contributed by atoms with Gasteiger partial charge in [0.2, 0.25) is 5.91 Å². The van der Waals surface area contributed by atoms with Gasteiger partial charge in [-0.05, 0) is 25.1 Å². The van der Waals surface area contributed by atoms with Crippen LogP contribution in [0.1, 0.15) is 33.4 Å². The second kappa shape index (κ2) is 7.76. The van der Waals surface area contributed by atoms with E-state index in [9.17, 15) is 9.59 Å². The van der Waals surface area contributed by atoms with Crippen LogP contribution in [0.3, 0.4) is 0 Å². The second-order valence-electron chi connectivity index (χ2n) is 6.05. The van der Waals surface area contributed by atoms with Crippen molar-refractivity contribution in [2.45, 2.75) is 26.8 Å². The zero-order valence-corrected chi connectivity index (χ0v) is 15.3. The van der Waals surface area contributed by atoms with Gasteiger partial charge in [-0.25, -0.2) is 4.98 Å². The van der Waals surface area contributed by atoms with Crippen molar-refractivity contribution >= 4 is 28.3 Å². The van der Waals surface area contributed by atoms with Gasteiger partial charge >= 0.3 is 0 Å². The smallest absolute Gasteiger partial charge is 0.251 e. The summed E-state index contributed by atoms with van der Waals surface area (Å²) in [4.78, 5) is 32.3. The van der Waals surface area contributed by atoms with Crippen LogP contribution < -0.4 is 10.6 Å². The first-order chi connectivity index (χ1) is 12.1. The summed E-state index contributed by atoms with van der Waals surface area (Å²) in [5.41, 5.74) is 2.54. The van der Waals surface area contributed by atoms with E-state index in [1.165, 1.54) is 16.2 Å². The highest BCUT2D eigenvalue weighted by Gasteiger charge is 2.20. The fourth-order valence-electron chi connectivity index (χ4n) is 2.82. The molecule has 0 fully saturated rings. The van der Waals surface area contributed by atoms with E-state index in [4.69, 9.17) is 0 Å². The van der Waals surface area contributed by atoms with Gasteiger partial charge in [0.1, 0.15) is 0 Å². The summed E-state index contributed by atoms with van der Waals surface area (Å²) in [6.07, 6.45) is 0.916. The van der Waals surface area contributed by atoms with Gasteiger partial charge in [-0.3, -0.25) is 14.5 Å². The minimum atomic E-state index is -0.264. The molecule has 0 atom stereocenters. The van der Waals surface area contributed by atoms with Crippen LogP contribution in [0.5, 0.6) is 0 Å². The van der Waals surface area contributed by atoms with Crippen LogP contribution >= 0.6 is 11.3 Å². The van der Waals surface area contributed by atoms with Crippen molar-refractivity contribution in [3.05, 3.63) is 46.0 Å². The van der Waals surface area contributed by atoms with Crippen LogP contribution in [-0.4, -0.2) is 41.3 Å².